The average molecular weight is 137 g/mol. The van der Waals surface area contributed by atoms with Crippen LogP contribution < -0.4 is 5.32 Å². The second-order valence-electron chi connectivity index (χ2n) is 3.94. The molecule has 0 aromatic heterocycles. The first kappa shape index (κ1) is 6.26. The van der Waals surface area contributed by atoms with E-state index in [1.807, 2.05) is 0 Å². The highest BCUT2D eigenvalue weighted by Gasteiger charge is 2.60. The molecule has 2 atom stereocenters. The van der Waals surface area contributed by atoms with Gasteiger partial charge in [0.05, 0.1) is 0 Å². The summed E-state index contributed by atoms with van der Waals surface area (Å²) in [6.45, 7) is 9.83. The maximum absolute atomic E-state index is 3.95. The minimum atomic E-state index is 0.622. The molecule has 10 heavy (non-hydrogen) atoms. The Labute approximate surface area is 62.5 Å². The minimum Gasteiger partial charge on any atom is -0.388 e. The predicted molar refractivity (Wildman–Crippen MR) is 42.5 cm³/mol. The molecule has 1 heterocycles. The smallest absolute Gasteiger partial charge is 0.0209 e. The zero-order chi connectivity index (χ0) is 7.35. The topological polar surface area (TPSA) is 12.0 Å². The van der Waals surface area contributed by atoms with Crippen LogP contribution in [0.25, 0.3) is 0 Å². The van der Waals surface area contributed by atoms with Gasteiger partial charge < -0.3 is 5.32 Å². The first-order valence-electron chi connectivity index (χ1n) is 4.08. The third kappa shape index (κ3) is 0.536. The summed E-state index contributed by atoms with van der Waals surface area (Å²) >= 11 is 0. The van der Waals surface area contributed by atoms with Gasteiger partial charge in [0, 0.05) is 12.2 Å². The van der Waals surface area contributed by atoms with Crippen LogP contribution in [0.3, 0.4) is 0 Å². The quantitative estimate of drug-likeness (QED) is 0.536. The molecule has 2 fully saturated rings. The van der Waals surface area contributed by atoms with E-state index in [0.29, 0.717) is 5.41 Å². The van der Waals surface area contributed by atoms with Crippen LogP contribution >= 0.6 is 0 Å². The number of rotatable bonds is 0. The van der Waals surface area contributed by atoms with Crippen molar-refractivity contribution in [2.75, 3.05) is 6.54 Å². The lowest BCUT2D eigenvalue weighted by Gasteiger charge is -2.02. The summed E-state index contributed by atoms with van der Waals surface area (Å²) in [5.74, 6) is 1.83. The lowest BCUT2D eigenvalue weighted by molar-refractivity contribution is 0.499. The van der Waals surface area contributed by atoms with Crippen LogP contribution in [-0.2, 0) is 0 Å². The van der Waals surface area contributed by atoms with Crippen LogP contribution in [0, 0.1) is 17.3 Å². The van der Waals surface area contributed by atoms with Crippen molar-refractivity contribution in [1.29, 1.82) is 0 Å². The van der Waals surface area contributed by atoms with Gasteiger partial charge in [0.1, 0.15) is 0 Å². The Bertz CT molecular complexity index is 175. The first-order chi connectivity index (χ1) is 4.67. The van der Waals surface area contributed by atoms with Crippen LogP contribution in [-0.4, -0.2) is 6.54 Å². The third-order valence-corrected chi connectivity index (χ3v) is 3.66. The molecule has 0 aromatic carbocycles. The Morgan fingerprint density at radius 1 is 1.50 bits per heavy atom. The minimum absolute atomic E-state index is 0.622. The Morgan fingerprint density at radius 2 is 2.10 bits per heavy atom. The van der Waals surface area contributed by atoms with Crippen molar-refractivity contribution in [3.05, 3.63) is 12.3 Å². The van der Waals surface area contributed by atoms with E-state index < -0.39 is 0 Å². The van der Waals surface area contributed by atoms with E-state index in [-0.39, 0.29) is 0 Å². The van der Waals surface area contributed by atoms with E-state index in [2.05, 4.69) is 25.7 Å². The molecule has 1 nitrogen and oxygen atoms in total. The molecule has 1 spiro atoms. The van der Waals surface area contributed by atoms with E-state index in [4.69, 9.17) is 0 Å². The molecule has 1 heteroatoms. The van der Waals surface area contributed by atoms with E-state index in [9.17, 15) is 0 Å². The van der Waals surface area contributed by atoms with Crippen LogP contribution in [0.4, 0.5) is 0 Å². The van der Waals surface area contributed by atoms with E-state index in [1.54, 1.807) is 0 Å². The molecular weight excluding hydrogens is 122 g/mol. The number of nitrogens with one attached hydrogen (secondary N) is 1. The van der Waals surface area contributed by atoms with Gasteiger partial charge in [0.25, 0.3) is 0 Å². The van der Waals surface area contributed by atoms with Gasteiger partial charge in [-0.25, -0.2) is 0 Å². The van der Waals surface area contributed by atoms with Crippen molar-refractivity contribution in [2.24, 2.45) is 17.3 Å². The zero-order valence-electron chi connectivity index (χ0n) is 6.78. The summed E-state index contributed by atoms with van der Waals surface area (Å²) in [5, 5.41) is 3.34. The van der Waals surface area contributed by atoms with E-state index in [1.165, 1.54) is 18.7 Å². The maximum atomic E-state index is 3.95. The normalized spacial score (nSPS) is 51.6. The van der Waals surface area contributed by atoms with Crippen molar-refractivity contribution in [1.82, 2.24) is 5.32 Å². The standard InChI is InChI=1S/C9H15N/c1-6-4-9(5-10-6)7(2)8(9)3/h7-8,10H,1,4-5H2,2-3H3. The summed E-state index contributed by atoms with van der Waals surface area (Å²) in [6.07, 6.45) is 1.22. The van der Waals surface area contributed by atoms with Gasteiger partial charge in [0.2, 0.25) is 0 Å². The summed E-state index contributed by atoms with van der Waals surface area (Å²) in [7, 11) is 0. The molecule has 0 amide bonds. The summed E-state index contributed by atoms with van der Waals surface area (Å²) in [6, 6.07) is 0. The molecule has 2 unspecified atom stereocenters. The number of allylic oxidation sites excluding steroid dienone is 1. The Morgan fingerprint density at radius 3 is 2.30 bits per heavy atom. The molecule has 1 saturated carbocycles. The molecule has 1 saturated heterocycles. The van der Waals surface area contributed by atoms with Gasteiger partial charge in [-0.05, 0) is 23.7 Å². The van der Waals surface area contributed by atoms with E-state index >= 15 is 0 Å². The highest BCUT2D eigenvalue weighted by atomic mass is 15.0. The SMILES string of the molecule is C=C1CC2(CN1)C(C)C2C. The van der Waals surface area contributed by atoms with Crippen LogP contribution in [0.1, 0.15) is 20.3 Å². The maximum Gasteiger partial charge on any atom is 0.0209 e. The highest BCUT2D eigenvalue weighted by Crippen LogP contribution is 2.63. The number of hydrogen-bond donors (Lipinski definition) is 1. The highest BCUT2D eigenvalue weighted by molar-refractivity contribution is 5.19. The fraction of sp³-hybridized carbons (Fsp3) is 0.778. The van der Waals surface area contributed by atoms with Crippen LogP contribution in [0.2, 0.25) is 0 Å². The summed E-state index contributed by atoms with van der Waals surface area (Å²) in [4.78, 5) is 0. The van der Waals surface area contributed by atoms with Crippen molar-refractivity contribution in [3.8, 4) is 0 Å². The van der Waals surface area contributed by atoms with Gasteiger partial charge in [-0.3, -0.25) is 0 Å². The predicted octanol–water partition coefficient (Wildman–Crippen LogP) is 1.77. The largest absolute Gasteiger partial charge is 0.388 e. The first-order valence-corrected chi connectivity index (χ1v) is 4.08. The Hall–Kier alpha value is -0.460. The number of hydrogen-bond acceptors (Lipinski definition) is 1. The van der Waals surface area contributed by atoms with Crippen molar-refractivity contribution < 1.29 is 0 Å². The monoisotopic (exact) mass is 137 g/mol. The van der Waals surface area contributed by atoms with Gasteiger partial charge in [-0.15, -0.1) is 0 Å². The molecule has 0 aromatic rings. The van der Waals surface area contributed by atoms with Gasteiger partial charge >= 0.3 is 0 Å². The summed E-state index contributed by atoms with van der Waals surface area (Å²) < 4.78 is 0. The molecule has 0 radical (unpaired) electrons. The summed E-state index contributed by atoms with van der Waals surface area (Å²) in [5.41, 5.74) is 1.87. The molecular formula is C9H15N. The van der Waals surface area contributed by atoms with Gasteiger partial charge in [0.15, 0.2) is 0 Å². The fourth-order valence-corrected chi connectivity index (χ4v) is 2.40. The lowest BCUT2D eigenvalue weighted by atomic mass is 10.0. The van der Waals surface area contributed by atoms with Crippen molar-refractivity contribution >= 4 is 0 Å². The molecule has 1 aliphatic heterocycles. The second-order valence-corrected chi connectivity index (χ2v) is 3.94. The van der Waals surface area contributed by atoms with Gasteiger partial charge in [-0.2, -0.15) is 0 Å². The molecule has 2 aliphatic rings. The van der Waals surface area contributed by atoms with Crippen LogP contribution in [0.15, 0.2) is 12.3 Å². The van der Waals surface area contributed by atoms with Crippen molar-refractivity contribution in [2.45, 2.75) is 20.3 Å². The van der Waals surface area contributed by atoms with Crippen molar-refractivity contribution in [3.63, 3.8) is 0 Å². The fourth-order valence-electron chi connectivity index (χ4n) is 2.40. The molecule has 56 valence electrons. The van der Waals surface area contributed by atoms with Gasteiger partial charge in [-0.1, -0.05) is 20.4 Å². The Kier molecular flexibility index (Phi) is 0.988. The van der Waals surface area contributed by atoms with E-state index in [0.717, 1.165) is 11.8 Å². The average Bonchev–Trinajstić information content (AvgIpc) is 2.37. The van der Waals surface area contributed by atoms with Crippen LogP contribution in [0.5, 0.6) is 0 Å². The molecule has 0 bridgehead atoms. The Balaban J connectivity index is 2.15. The molecule has 1 aliphatic carbocycles. The molecule has 2 rings (SSSR count). The zero-order valence-corrected chi connectivity index (χ0v) is 6.78. The lowest BCUT2D eigenvalue weighted by Crippen LogP contribution is -2.10. The second kappa shape index (κ2) is 1.58. The third-order valence-electron chi connectivity index (χ3n) is 3.66. The molecule has 1 N–H and O–H groups in total.